The van der Waals surface area contributed by atoms with Crippen LogP contribution >= 0.6 is 0 Å². The summed E-state index contributed by atoms with van der Waals surface area (Å²) in [5, 5.41) is 37.7. The molecule has 18 heavy (non-hydrogen) atoms. The van der Waals surface area contributed by atoms with Crippen molar-refractivity contribution in [3.63, 3.8) is 0 Å². The summed E-state index contributed by atoms with van der Waals surface area (Å²) in [4.78, 5) is 0. The summed E-state index contributed by atoms with van der Waals surface area (Å²) >= 11 is 0. The van der Waals surface area contributed by atoms with Crippen LogP contribution in [0.25, 0.3) is 0 Å². The van der Waals surface area contributed by atoms with Crippen molar-refractivity contribution in [1.29, 1.82) is 0 Å². The van der Waals surface area contributed by atoms with Gasteiger partial charge in [-0.1, -0.05) is 19.1 Å². The quantitative estimate of drug-likeness (QED) is 0.368. The second-order valence-corrected chi connectivity index (χ2v) is 4.24. The molecule has 4 N–H and O–H groups in total. The summed E-state index contributed by atoms with van der Waals surface area (Å²) in [6.45, 7) is 1.91. The van der Waals surface area contributed by atoms with E-state index in [-0.39, 0.29) is 0 Å². The Morgan fingerprint density at radius 1 is 1.11 bits per heavy atom. The molecule has 1 saturated heterocycles. The van der Waals surface area contributed by atoms with E-state index in [0.717, 1.165) is 6.42 Å². The molecule has 0 bridgehead atoms. The molecule has 1 fully saturated rings. The van der Waals surface area contributed by atoms with E-state index in [0.29, 0.717) is 13.0 Å². The maximum Gasteiger partial charge on any atom is 0.186 e. The van der Waals surface area contributed by atoms with Crippen LogP contribution in [0.2, 0.25) is 0 Å². The zero-order valence-electron chi connectivity index (χ0n) is 10.5. The monoisotopic (exact) mass is 262 g/mol. The smallest absolute Gasteiger partial charge is 0.186 e. The van der Waals surface area contributed by atoms with Crippen molar-refractivity contribution >= 4 is 0 Å². The third-order valence-electron chi connectivity index (χ3n) is 2.82. The van der Waals surface area contributed by atoms with Gasteiger partial charge in [-0.05, 0) is 12.8 Å². The average Bonchev–Trinajstić information content (AvgIpc) is 2.38. The predicted octanol–water partition coefficient (Wildman–Crippen LogP) is -0.841. The van der Waals surface area contributed by atoms with E-state index in [1.165, 1.54) is 0 Å². The van der Waals surface area contributed by atoms with Gasteiger partial charge in [0, 0.05) is 0 Å². The highest BCUT2D eigenvalue weighted by molar-refractivity contribution is 4.89. The molecule has 1 rings (SSSR count). The van der Waals surface area contributed by atoms with Crippen molar-refractivity contribution in [3.8, 4) is 0 Å². The van der Waals surface area contributed by atoms with Crippen LogP contribution in [0, 0.1) is 0 Å². The van der Waals surface area contributed by atoms with E-state index in [2.05, 4.69) is 0 Å². The van der Waals surface area contributed by atoms with E-state index < -0.39 is 37.3 Å². The molecular weight excluding hydrogens is 240 g/mol. The third kappa shape index (κ3) is 4.01. The second-order valence-electron chi connectivity index (χ2n) is 4.24. The maximum atomic E-state index is 9.66. The Morgan fingerprint density at radius 3 is 2.44 bits per heavy atom. The second kappa shape index (κ2) is 7.83. The molecule has 6 heteroatoms. The van der Waals surface area contributed by atoms with Gasteiger partial charge in [-0.3, -0.25) is 0 Å². The molecule has 2 unspecified atom stereocenters. The lowest BCUT2D eigenvalue weighted by atomic mass is 9.99. The Labute approximate surface area is 106 Å². The van der Waals surface area contributed by atoms with Crippen molar-refractivity contribution in [2.45, 2.75) is 50.5 Å². The first-order valence-corrected chi connectivity index (χ1v) is 6.19. The SMILES string of the molecule is CC/C=C\CCO[C@H]1OC(CO)[C@@H](O)[C@H](O)C1O. The van der Waals surface area contributed by atoms with Crippen LogP contribution in [0.5, 0.6) is 0 Å². The lowest BCUT2D eigenvalue weighted by Crippen LogP contribution is -2.59. The van der Waals surface area contributed by atoms with E-state index in [1.54, 1.807) is 0 Å². The fourth-order valence-corrected chi connectivity index (χ4v) is 1.74. The zero-order chi connectivity index (χ0) is 13.5. The van der Waals surface area contributed by atoms with Gasteiger partial charge in [0.1, 0.15) is 24.4 Å². The highest BCUT2D eigenvalue weighted by Crippen LogP contribution is 2.21. The fraction of sp³-hybridized carbons (Fsp3) is 0.833. The minimum Gasteiger partial charge on any atom is -0.394 e. The molecule has 0 aliphatic carbocycles. The number of allylic oxidation sites excluding steroid dienone is 1. The van der Waals surface area contributed by atoms with Crippen molar-refractivity contribution in [2.24, 2.45) is 0 Å². The van der Waals surface area contributed by atoms with Crippen LogP contribution in [-0.2, 0) is 9.47 Å². The summed E-state index contributed by atoms with van der Waals surface area (Å²) < 4.78 is 10.5. The van der Waals surface area contributed by atoms with Gasteiger partial charge in [0.2, 0.25) is 0 Å². The number of aliphatic hydroxyl groups excluding tert-OH is 4. The fourth-order valence-electron chi connectivity index (χ4n) is 1.74. The normalized spacial score (nSPS) is 37.3. The Balaban J connectivity index is 2.41. The van der Waals surface area contributed by atoms with E-state index in [4.69, 9.17) is 14.6 Å². The zero-order valence-corrected chi connectivity index (χ0v) is 10.5. The molecule has 5 atom stereocenters. The summed E-state index contributed by atoms with van der Waals surface area (Å²) in [6, 6.07) is 0. The van der Waals surface area contributed by atoms with E-state index in [1.807, 2.05) is 19.1 Å². The van der Waals surface area contributed by atoms with Gasteiger partial charge in [0.05, 0.1) is 13.2 Å². The lowest BCUT2D eigenvalue weighted by molar-refractivity contribution is -0.300. The molecule has 6 nitrogen and oxygen atoms in total. The van der Waals surface area contributed by atoms with Crippen molar-refractivity contribution in [2.75, 3.05) is 13.2 Å². The van der Waals surface area contributed by atoms with Crippen LogP contribution in [0.3, 0.4) is 0 Å². The van der Waals surface area contributed by atoms with E-state index >= 15 is 0 Å². The van der Waals surface area contributed by atoms with Gasteiger partial charge in [-0.2, -0.15) is 0 Å². The minimum absolute atomic E-state index is 0.333. The molecule has 1 aliphatic heterocycles. The average molecular weight is 262 g/mol. The van der Waals surface area contributed by atoms with Gasteiger partial charge < -0.3 is 29.9 Å². The highest BCUT2D eigenvalue weighted by atomic mass is 16.7. The first kappa shape index (κ1) is 15.6. The number of hydrogen-bond donors (Lipinski definition) is 4. The summed E-state index contributed by atoms with van der Waals surface area (Å²) in [5.74, 6) is 0. The molecule has 0 saturated carbocycles. The maximum absolute atomic E-state index is 9.66. The van der Waals surface area contributed by atoms with Crippen LogP contribution in [0.4, 0.5) is 0 Å². The Hall–Kier alpha value is -0.500. The van der Waals surface area contributed by atoms with Crippen molar-refractivity contribution < 1.29 is 29.9 Å². The van der Waals surface area contributed by atoms with Gasteiger partial charge in [0.25, 0.3) is 0 Å². The first-order chi connectivity index (χ1) is 8.61. The highest BCUT2D eigenvalue weighted by Gasteiger charge is 2.43. The summed E-state index contributed by atoms with van der Waals surface area (Å²) in [7, 11) is 0. The number of rotatable bonds is 6. The molecule has 0 radical (unpaired) electrons. The number of hydrogen-bond acceptors (Lipinski definition) is 6. The molecule has 1 aliphatic rings. The largest absolute Gasteiger partial charge is 0.394 e. The minimum atomic E-state index is -1.38. The first-order valence-electron chi connectivity index (χ1n) is 6.19. The molecule has 0 aromatic rings. The number of ether oxygens (including phenoxy) is 2. The molecule has 0 aromatic carbocycles. The molecule has 1 heterocycles. The molecule has 0 spiro atoms. The Kier molecular flexibility index (Phi) is 6.77. The van der Waals surface area contributed by atoms with Crippen LogP contribution < -0.4 is 0 Å². The standard InChI is InChI=1S/C12H22O6/c1-2-3-4-5-6-17-12-11(16)10(15)9(14)8(7-13)18-12/h3-4,8-16H,2,5-7H2,1H3/b4-3-/t8?,9-,10+,11?,12+/m1/s1. The van der Waals surface area contributed by atoms with E-state index in [9.17, 15) is 15.3 Å². The lowest BCUT2D eigenvalue weighted by Gasteiger charge is -2.39. The molecule has 0 amide bonds. The summed E-state index contributed by atoms with van der Waals surface area (Å²) in [6.07, 6.45) is -0.436. The topological polar surface area (TPSA) is 99.4 Å². The van der Waals surface area contributed by atoms with Gasteiger partial charge in [0.15, 0.2) is 6.29 Å². The molecule has 106 valence electrons. The van der Waals surface area contributed by atoms with Crippen LogP contribution in [-0.4, -0.2) is 64.3 Å². The van der Waals surface area contributed by atoms with Crippen LogP contribution in [0.1, 0.15) is 19.8 Å². The Bertz CT molecular complexity index is 255. The molecular formula is C12H22O6. The van der Waals surface area contributed by atoms with Crippen molar-refractivity contribution in [1.82, 2.24) is 0 Å². The van der Waals surface area contributed by atoms with Gasteiger partial charge in [-0.15, -0.1) is 0 Å². The van der Waals surface area contributed by atoms with Gasteiger partial charge in [-0.25, -0.2) is 0 Å². The summed E-state index contributed by atoms with van der Waals surface area (Å²) in [5.41, 5.74) is 0. The van der Waals surface area contributed by atoms with Crippen LogP contribution in [0.15, 0.2) is 12.2 Å². The number of aliphatic hydroxyl groups is 4. The Morgan fingerprint density at radius 2 is 1.83 bits per heavy atom. The predicted molar refractivity (Wildman–Crippen MR) is 63.8 cm³/mol. The van der Waals surface area contributed by atoms with Crippen molar-refractivity contribution in [3.05, 3.63) is 12.2 Å². The molecule has 0 aromatic heterocycles. The van der Waals surface area contributed by atoms with Gasteiger partial charge >= 0.3 is 0 Å². The third-order valence-corrected chi connectivity index (χ3v) is 2.82.